The average molecular weight is 438 g/mol. The van der Waals surface area contributed by atoms with E-state index < -0.39 is 0 Å². The van der Waals surface area contributed by atoms with E-state index in [1.165, 1.54) is 0 Å². The van der Waals surface area contributed by atoms with Gasteiger partial charge in [-0.05, 0) is 60.5 Å². The van der Waals surface area contributed by atoms with Crippen molar-refractivity contribution in [3.05, 3.63) is 95.1 Å². The van der Waals surface area contributed by atoms with Gasteiger partial charge < -0.3 is 15.2 Å². The second-order valence-corrected chi connectivity index (χ2v) is 7.60. The van der Waals surface area contributed by atoms with Crippen LogP contribution in [0.5, 0.6) is 0 Å². The Morgan fingerprint density at radius 3 is 2.67 bits per heavy atom. The molecule has 0 aliphatic heterocycles. The van der Waals surface area contributed by atoms with Crippen LogP contribution in [-0.4, -0.2) is 25.7 Å². The summed E-state index contributed by atoms with van der Waals surface area (Å²) in [7, 11) is 1.92. The second-order valence-electron chi connectivity index (χ2n) is 7.60. The molecule has 0 bridgehead atoms. The number of amides is 1. The minimum atomic E-state index is -0.181. The molecule has 0 spiro atoms. The van der Waals surface area contributed by atoms with Crippen molar-refractivity contribution in [2.45, 2.75) is 20.0 Å². The smallest absolute Gasteiger partial charge is 0.251 e. The molecule has 0 aliphatic carbocycles. The maximum absolute atomic E-state index is 12.7. The lowest BCUT2D eigenvalue weighted by Gasteiger charge is -2.11. The highest BCUT2D eigenvalue weighted by Crippen LogP contribution is 2.17. The molecule has 4 aromatic rings. The zero-order valence-corrected chi connectivity index (χ0v) is 18.4. The molecular weight excluding hydrogens is 414 g/mol. The number of nitrogens with one attached hydrogen (secondary N) is 2. The van der Waals surface area contributed by atoms with Gasteiger partial charge in [0.15, 0.2) is 11.6 Å². The van der Waals surface area contributed by atoms with Crippen LogP contribution in [0.4, 0.5) is 5.69 Å². The molecule has 0 fully saturated rings. The van der Waals surface area contributed by atoms with Crippen LogP contribution in [0.3, 0.4) is 0 Å². The van der Waals surface area contributed by atoms with Crippen LogP contribution in [0.1, 0.15) is 32.9 Å². The van der Waals surface area contributed by atoms with Gasteiger partial charge in [0.25, 0.3) is 5.91 Å². The predicted octanol–water partition coefficient (Wildman–Crippen LogP) is 3.60. The Kier molecular flexibility index (Phi) is 6.41. The number of pyridine rings is 1. The van der Waals surface area contributed by atoms with Crippen molar-refractivity contribution in [3.63, 3.8) is 0 Å². The predicted molar refractivity (Wildman–Crippen MR) is 125 cm³/mol. The number of nitriles is 1. The standard InChI is InChI=1S/C25H23N7O/c1-17-6-7-18(14-26)12-21(17)15-29-25(33)20-4-3-5-22(13-20)28-16-23-30-31-24(32(23)2)19-8-10-27-11-9-19/h3-13,28H,15-16H2,1-2H3,(H,29,33). The van der Waals surface area contributed by atoms with E-state index in [2.05, 4.69) is 31.9 Å². The van der Waals surface area contributed by atoms with E-state index in [4.69, 9.17) is 5.26 Å². The Morgan fingerprint density at radius 1 is 1.06 bits per heavy atom. The molecule has 2 aromatic heterocycles. The molecule has 0 atom stereocenters. The van der Waals surface area contributed by atoms with Crippen LogP contribution in [-0.2, 0) is 20.1 Å². The van der Waals surface area contributed by atoms with Gasteiger partial charge in [-0.25, -0.2) is 0 Å². The van der Waals surface area contributed by atoms with E-state index in [1.807, 2.05) is 48.9 Å². The molecule has 4 rings (SSSR count). The van der Waals surface area contributed by atoms with Crippen molar-refractivity contribution >= 4 is 11.6 Å². The van der Waals surface area contributed by atoms with Crippen molar-refractivity contribution in [2.24, 2.45) is 7.05 Å². The summed E-state index contributed by atoms with van der Waals surface area (Å²) < 4.78 is 1.93. The SMILES string of the molecule is Cc1ccc(C#N)cc1CNC(=O)c1cccc(NCc2nnc(-c3ccncc3)n2C)c1. The fourth-order valence-electron chi connectivity index (χ4n) is 3.43. The van der Waals surface area contributed by atoms with Gasteiger partial charge in [0.1, 0.15) is 0 Å². The second kappa shape index (κ2) is 9.75. The third-order valence-electron chi connectivity index (χ3n) is 5.40. The molecule has 8 heteroatoms. The molecule has 33 heavy (non-hydrogen) atoms. The summed E-state index contributed by atoms with van der Waals surface area (Å²) in [6.45, 7) is 2.77. The van der Waals surface area contributed by atoms with E-state index in [9.17, 15) is 4.79 Å². The number of aryl methyl sites for hydroxylation is 1. The summed E-state index contributed by atoms with van der Waals surface area (Å²) in [6, 6.07) is 18.7. The molecule has 0 aliphatic rings. The largest absolute Gasteiger partial charge is 0.378 e. The first-order valence-electron chi connectivity index (χ1n) is 10.5. The van der Waals surface area contributed by atoms with E-state index in [-0.39, 0.29) is 5.91 Å². The summed E-state index contributed by atoms with van der Waals surface area (Å²) in [5.41, 5.74) is 4.82. The average Bonchev–Trinajstić information content (AvgIpc) is 3.23. The van der Waals surface area contributed by atoms with Gasteiger partial charge in [-0.2, -0.15) is 5.26 Å². The van der Waals surface area contributed by atoms with Gasteiger partial charge in [-0.15, -0.1) is 10.2 Å². The summed E-state index contributed by atoms with van der Waals surface area (Å²) in [4.78, 5) is 16.7. The fraction of sp³-hybridized carbons (Fsp3) is 0.160. The summed E-state index contributed by atoms with van der Waals surface area (Å²) in [5.74, 6) is 1.35. The van der Waals surface area contributed by atoms with E-state index in [1.54, 1.807) is 36.7 Å². The lowest BCUT2D eigenvalue weighted by Crippen LogP contribution is -2.23. The van der Waals surface area contributed by atoms with Crippen molar-refractivity contribution < 1.29 is 4.79 Å². The number of hydrogen-bond donors (Lipinski definition) is 2. The Bertz CT molecular complexity index is 1320. The van der Waals surface area contributed by atoms with Crippen LogP contribution in [0.25, 0.3) is 11.4 Å². The first-order chi connectivity index (χ1) is 16.0. The normalized spacial score (nSPS) is 10.5. The molecule has 8 nitrogen and oxygen atoms in total. The molecule has 2 aromatic carbocycles. The molecular formula is C25H23N7O. The van der Waals surface area contributed by atoms with Crippen LogP contribution in [0, 0.1) is 18.3 Å². The Hall–Kier alpha value is -4.51. The number of nitrogens with zero attached hydrogens (tertiary/aromatic N) is 5. The quantitative estimate of drug-likeness (QED) is 0.457. The maximum atomic E-state index is 12.7. The van der Waals surface area contributed by atoms with Crippen molar-refractivity contribution in [1.29, 1.82) is 5.26 Å². The minimum absolute atomic E-state index is 0.181. The lowest BCUT2D eigenvalue weighted by molar-refractivity contribution is 0.0951. The number of carbonyl (C=O) groups is 1. The van der Waals surface area contributed by atoms with Crippen LogP contribution in [0.15, 0.2) is 67.0 Å². The van der Waals surface area contributed by atoms with Gasteiger partial charge >= 0.3 is 0 Å². The summed E-state index contributed by atoms with van der Waals surface area (Å²) in [6.07, 6.45) is 3.44. The van der Waals surface area contributed by atoms with Gasteiger partial charge in [-0.1, -0.05) is 12.1 Å². The number of aromatic nitrogens is 4. The number of anilines is 1. The lowest BCUT2D eigenvalue weighted by atomic mass is 10.1. The molecule has 164 valence electrons. The first-order valence-corrected chi connectivity index (χ1v) is 10.5. The number of benzene rings is 2. The Balaban J connectivity index is 1.40. The maximum Gasteiger partial charge on any atom is 0.251 e. The number of hydrogen-bond acceptors (Lipinski definition) is 6. The van der Waals surface area contributed by atoms with Crippen LogP contribution >= 0.6 is 0 Å². The first kappa shape index (κ1) is 21.7. The topological polar surface area (TPSA) is 109 Å². The third-order valence-corrected chi connectivity index (χ3v) is 5.40. The monoisotopic (exact) mass is 437 g/mol. The highest BCUT2D eigenvalue weighted by Gasteiger charge is 2.11. The number of carbonyl (C=O) groups excluding carboxylic acids is 1. The molecule has 0 radical (unpaired) electrons. The number of rotatable bonds is 7. The molecule has 0 saturated heterocycles. The molecule has 2 N–H and O–H groups in total. The van der Waals surface area contributed by atoms with Gasteiger partial charge in [0.05, 0.1) is 18.2 Å². The summed E-state index contributed by atoms with van der Waals surface area (Å²) >= 11 is 0. The molecule has 1 amide bonds. The highest BCUT2D eigenvalue weighted by molar-refractivity contribution is 5.95. The van der Waals surface area contributed by atoms with E-state index >= 15 is 0 Å². The van der Waals surface area contributed by atoms with Crippen LogP contribution in [0.2, 0.25) is 0 Å². The van der Waals surface area contributed by atoms with Crippen molar-refractivity contribution in [2.75, 3.05) is 5.32 Å². The van der Waals surface area contributed by atoms with Gasteiger partial charge in [-0.3, -0.25) is 9.78 Å². The molecule has 0 saturated carbocycles. The molecule has 0 unspecified atom stereocenters. The fourth-order valence-corrected chi connectivity index (χ4v) is 3.43. The zero-order chi connectivity index (χ0) is 23.2. The van der Waals surface area contributed by atoms with Gasteiger partial charge in [0.2, 0.25) is 0 Å². The van der Waals surface area contributed by atoms with Crippen LogP contribution < -0.4 is 10.6 Å². The summed E-state index contributed by atoms with van der Waals surface area (Å²) in [5, 5.41) is 23.9. The van der Waals surface area contributed by atoms with Crippen molar-refractivity contribution in [3.8, 4) is 17.5 Å². The van der Waals surface area contributed by atoms with Gasteiger partial charge in [0, 0.05) is 42.8 Å². The van der Waals surface area contributed by atoms with E-state index in [0.29, 0.717) is 24.2 Å². The van der Waals surface area contributed by atoms with E-state index in [0.717, 1.165) is 34.0 Å². The third kappa shape index (κ3) is 5.05. The highest BCUT2D eigenvalue weighted by atomic mass is 16.1. The zero-order valence-electron chi connectivity index (χ0n) is 18.4. The Labute approximate surface area is 191 Å². The molecule has 2 heterocycles. The van der Waals surface area contributed by atoms with Crippen molar-refractivity contribution in [1.82, 2.24) is 25.1 Å². The minimum Gasteiger partial charge on any atom is -0.378 e. The Morgan fingerprint density at radius 2 is 1.88 bits per heavy atom.